The van der Waals surface area contributed by atoms with Gasteiger partial charge in [-0.3, -0.25) is 4.90 Å². The minimum Gasteiger partial charge on any atom is -0.478 e. The number of carbonyl (C=O) groups is 1. The first kappa shape index (κ1) is 46.0. The molecule has 268 valence electrons. The Morgan fingerprint density at radius 1 is 0.444 bits per heavy atom. The zero-order chi connectivity index (χ0) is 33.3. The molecule has 0 bridgehead atoms. The molecule has 0 spiro atoms. The van der Waals surface area contributed by atoms with Crippen LogP contribution in [0.3, 0.4) is 0 Å². The van der Waals surface area contributed by atoms with Crippen molar-refractivity contribution in [2.45, 2.75) is 194 Å². The lowest BCUT2D eigenvalue weighted by molar-refractivity contribution is -0.131. The Morgan fingerprint density at radius 3 is 1.09 bits per heavy atom. The van der Waals surface area contributed by atoms with E-state index in [9.17, 15) is 4.79 Å². The normalized spacial score (nSPS) is 11.6. The highest BCUT2D eigenvalue weighted by atomic mass is 16.4. The van der Waals surface area contributed by atoms with Crippen LogP contribution in [0.2, 0.25) is 0 Å². The maximum atomic E-state index is 10.2. The summed E-state index contributed by atoms with van der Waals surface area (Å²) in [5.41, 5.74) is 0. The summed E-state index contributed by atoms with van der Waals surface area (Å²) in [6, 6.07) is 0. The molecule has 0 aromatic rings. The lowest BCUT2D eigenvalue weighted by Gasteiger charge is -2.19. The van der Waals surface area contributed by atoms with Gasteiger partial charge in [-0.1, -0.05) is 167 Å². The number of aliphatic hydroxyl groups excluding tert-OH is 2. The minimum absolute atomic E-state index is 0.187. The van der Waals surface area contributed by atoms with E-state index in [1.54, 1.807) is 6.08 Å². The molecule has 0 fully saturated rings. The molecule has 0 saturated carbocycles. The van der Waals surface area contributed by atoms with Gasteiger partial charge in [0.05, 0.1) is 13.2 Å². The maximum Gasteiger partial charge on any atom is 0.327 e. The third kappa shape index (κ3) is 45.0. The summed E-state index contributed by atoms with van der Waals surface area (Å²) in [4.78, 5) is 12.4. The zero-order valence-electron chi connectivity index (χ0n) is 30.3. The highest BCUT2D eigenvalue weighted by molar-refractivity contribution is 5.79. The highest BCUT2D eigenvalue weighted by Crippen LogP contribution is 2.13. The molecule has 0 rings (SSSR count). The molecule has 0 aliphatic rings. The molecule has 0 atom stereocenters. The van der Waals surface area contributed by atoms with Gasteiger partial charge < -0.3 is 15.3 Å². The molecule has 0 unspecified atom stereocenters. The number of hydrogen-bond acceptors (Lipinski definition) is 4. The van der Waals surface area contributed by atoms with Crippen molar-refractivity contribution in [2.24, 2.45) is 0 Å². The van der Waals surface area contributed by atoms with Crippen molar-refractivity contribution >= 4 is 5.97 Å². The van der Waals surface area contributed by atoms with Crippen molar-refractivity contribution in [1.29, 1.82) is 0 Å². The Labute approximate surface area is 281 Å². The Balaban J connectivity index is 0. The second kappa shape index (κ2) is 42.8. The number of allylic oxidation sites excluding steroid dienone is 3. The van der Waals surface area contributed by atoms with Crippen LogP contribution in [0.25, 0.3) is 0 Å². The first-order valence-corrected chi connectivity index (χ1v) is 19.6. The minimum atomic E-state index is -0.834. The van der Waals surface area contributed by atoms with Crippen LogP contribution in [-0.4, -0.2) is 59.0 Å². The van der Waals surface area contributed by atoms with E-state index < -0.39 is 5.97 Å². The number of unbranched alkanes of at least 4 members (excludes halogenated alkanes) is 25. The summed E-state index contributed by atoms with van der Waals surface area (Å²) in [6.07, 6.45) is 44.9. The lowest BCUT2D eigenvalue weighted by Crippen LogP contribution is -2.30. The van der Waals surface area contributed by atoms with Gasteiger partial charge in [-0.2, -0.15) is 0 Å². The van der Waals surface area contributed by atoms with E-state index in [4.69, 9.17) is 15.3 Å². The van der Waals surface area contributed by atoms with Crippen LogP contribution in [-0.2, 0) is 4.79 Å². The second-order valence-electron chi connectivity index (χ2n) is 13.0. The fourth-order valence-electron chi connectivity index (χ4n) is 5.67. The number of nitrogens with zero attached hydrogens (tertiary/aromatic N) is 1. The molecule has 0 radical (unpaired) electrons. The summed E-state index contributed by atoms with van der Waals surface area (Å²) in [6.45, 7) is 7.29. The third-order valence-corrected chi connectivity index (χ3v) is 8.55. The van der Waals surface area contributed by atoms with Crippen molar-refractivity contribution in [3.05, 3.63) is 24.3 Å². The van der Waals surface area contributed by atoms with Crippen LogP contribution in [0.15, 0.2) is 24.3 Å². The van der Waals surface area contributed by atoms with Crippen LogP contribution in [0.1, 0.15) is 194 Å². The van der Waals surface area contributed by atoms with E-state index in [1.807, 2.05) is 0 Å². The van der Waals surface area contributed by atoms with Crippen LogP contribution in [0.4, 0.5) is 0 Å². The molecule has 0 saturated heterocycles. The Morgan fingerprint density at radius 2 is 0.756 bits per heavy atom. The molecule has 0 aromatic heterocycles. The predicted molar refractivity (Wildman–Crippen MR) is 197 cm³/mol. The van der Waals surface area contributed by atoms with E-state index in [1.165, 1.54) is 173 Å². The number of aliphatic carboxylic acids is 1. The van der Waals surface area contributed by atoms with Crippen LogP contribution >= 0.6 is 0 Å². The van der Waals surface area contributed by atoms with Gasteiger partial charge in [-0.25, -0.2) is 4.79 Å². The number of hydrogen-bond donors (Lipinski definition) is 3. The fourth-order valence-corrected chi connectivity index (χ4v) is 5.67. The van der Waals surface area contributed by atoms with Gasteiger partial charge in [-0.05, 0) is 51.5 Å². The Kier molecular flexibility index (Phi) is 43.7. The molecular weight excluding hydrogens is 558 g/mol. The lowest BCUT2D eigenvalue weighted by atomic mass is 10.0. The van der Waals surface area contributed by atoms with Crippen LogP contribution in [0, 0.1) is 0 Å². The fraction of sp³-hybridized carbons (Fsp3) is 0.875. The molecular formula is C40H79NO4. The topological polar surface area (TPSA) is 81.0 Å². The van der Waals surface area contributed by atoms with Crippen molar-refractivity contribution < 1.29 is 20.1 Å². The van der Waals surface area contributed by atoms with Gasteiger partial charge in [0.2, 0.25) is 0 Å². The molecule has 5 heteroatoms. The number of rotatable bonds is 35. The molecule has 0 amide bonds. The summed E-state index contributed by atoms with van der Waals surface area (Å²) in [5, 5.41) is 26.4. The summed E-state index contributed by atoms with van der Waals surface area (Å²) < 4.78 is 0. The molecule has 0 aliphatic carbocycles. The van der Waals surface area contributed by atoms with Gasteiger partial charge in [0.25, 0.3) is 0 Å². The standard InChI is InChI=1S/C22H45NO2.C18H34O2/c1-2-3-4-5-6-7-8-9-10-11-12-13-14-15-16-17-18-23(19-21-24)20-22-25;1-2-3-4-5-6-7-8-9-10-11-12-13-14-15-16-17-18(19)20/h9-10,24-25H,2-8,11-22H2,1H3;16-17H,2-15H2,1H3,(H,19,20)/b10-9+;17-16+. The van der Waals surface area contributed by atoms with E-state index in [-0.39, 0.29) is 13.2 Å². The van der Waals surface area contributed by atoms with Gasteiger partial charge in [0, 0.05) is 19.2 Å². The van der Waals surface area contributed by atoms with E-state index in [0.29, 0.717) is 13.1 Å². The average molecular weight is 638 g/mol. The molecule has 0 heterocycles. The Bertz CT molecular complexity index is 601. The number of aliphatic hydroxyl groups is 2. The summed E-state index contributed by atoms with van der Waals surface area (Å²) in [7, 11) is 0. The van der Waals surface area contributed by atoms with Crippen LogP contribution < -0.4 is 0 Å². The third-order valence-electron chi connectivity index (χ3n) is 8.55. The van der Waals surface area contributed by atoms with Gasteiger partial charge in [0.15, 0.2) is 0 Å². The largest absolute Gasteiger partial charge is 0.478 e. The van der Waals surface area contributed by atoms with Gasteiger partial charge >= 0.3 is 5.97 Å². The second-order valence-corrected chi connectivity index (χ2v) is 13.0. The predicted octanol–water partition coefficient (Wildman–Crippen LogP) is 11.4. The first-order chi connectivity index (χ1) is 22.1. The number of carboxylic acid groups (broad SMARTS) is 1. The first-order valence-electron chi connectivity index (χ1n) is 19.6. The van der Waals surface area contributed by atoms with Crippen molar-refractivity contribution in [1.82, 2.24) is 4.90 Å². The van der Waals surface area contributed by atoms with Gasteiger partial charge in [-0.15, -0.1) is 0 Å². The average Bonchev–Trinajstić information content (AvgIpc) is 3.03. The van der Waals surface area contributed by atoms with Crippen molar-refractivity contribution in [2.75, 3.05) is 32.8 Å². The molecule has 45 heavy (non-hydrogen) atoms. The monoisotopic (exact) mass is 638 g/mol. The molecule has 0 aromatic carbocycles. The van der Waals surface area contributed by atoms with Crippen molar-refractivity contribution in [3.8, 4) is 0 Å². The smallest absolute Gasteiger partial charge is 0.327 e. The summed E-state index contributed by atoms with van der Waals surface area (Å²) >= 11 is 0. The maximum absolute atomic E-state index is 10.2. The number of carboxylic acids is 1. The Hall–Kier alpha value is -1.17. The molecule has 3 N–H and O–H groups in total. The summed E-state index contributed by atoms with van der Waals surface area (Å²) in [5.74, 6) is -0.834. The van der Waals surface area contributed by atoms with E-state index in [2.05, 4.69) is 30.9 Å². The zero-order valence-corrected chi connectivity index (χ0v) is 30.3. The van der Waals surface area contributed by atoms with E-state index in [0.717, 1.165) is 19.4 Å². The SMILES string of the molecule is CCCCCCCC/C=C/CCCCCCCCN(CCO)CCO.CCCCCCCCCCCCCCC/C=C/C(=O)O. The quantitative estimate of drug-likeness (QED) is 0.0366. The molecule has 0 aliphatic heterocycles. The van der Waals surface area contributed by atoms with E-state index >= 15 is 0 Å². The van der Waals surface area contributed by atoms with Crippen molar-refractivity contribution in [3.63, 3.8) is 0 Å². The van der Waals surface area contributed by atoms with Gasteiger partial charge in [0.1, 0.15) is 0 Å². The highest BCUT2D eigenvalue weighted by Gasteiger charge is 2.02. The molecule has 5 nitrogen and oxygen atoms in total. The van der Waals surface area contributed by atoms with Crippen LogP contribution in [0.5, 0.6) is 0 Å².